The minimum absolute atomic E-state index is 0.282. The van der Waals surface area contributed by atoms with Gasteiger partial charge in [0.15, 0.2) is 0 Å². The second-order valence-electron chi connectivity index (χ2n) is 7.41. The molecule has 1 aliphatic heterocycles. The Balaban J connectivity index is 1.84. The van der Waals surface area contributed by atoms with E-state index in [1.54, 1.807) is 0 Å². The van der Waals surface area contributed by atoms with Gasteiger partial charge in [0.2, 0.25) is 0 Å². The zero-order valence-corrected chi connectivity index (χ0v) is 18.6. The number of imide groups is 1. The summed E-state index contributed by atoms with van der Waals surface area (Å²) in [5.74, 6) is -0.573. The molecule has 0 aliphatic carbocycles. The van der Waals surface area contributed by atoms with Crippen molar-refractivity contribution in [3.8, 4) is 0 Å². The fourth-order valence-electron chi connectivity index (χ4n) is 3.79. The van der Waals surface area contributed by atoms with Crippen LogP contribution in [0.3, 0.4) is 0 Å². The van der Waals surface area contributed by atoms with Crippen molar-refractivity contribution in [2.75, 3.05) is 16.3 Å². The van der Waals surface area contributed by atoms with Crippen LogP contribution in [0.2, 0.25) is 0 Å². The van der Waals surface area contributed by atoms with Crippen molar-refractivity contribution < 1.29 is 9.59 Å². The lowest BCUT2D eigenvalue weighted by molar-refractivity contribution is -0.120. The summed E-state index contributed by atoms with van der Waals surface area (Å²) in [5, 5.41) is 0. The van der Waals surface area contributed by atoms with Gasteiger partial charge >= 0.3 is 0 Å². The molecule has 1 heterocycles. The van der Waals surface area contributed by atoms with Crippen LogP contribution in [0, 0.1) is 13.8 Å². The molecule has 0 bridgehead atoms. The molecule has 0 fully saturated rings. The summed E-state index contributed by atoms with van der Waals surface area (Å²) in [4.78, 5) is 32.0. The molecule has 31 heavy (non-hydrogen) atoms. The zero-order valence-electron chi connectivity index (χ0n) is 17.8. The standard InChI is InChI=1S/C26H24N2O2S/c1-4-27(20-11-7-5-8-12-20)23-24(31-21-13-9-6-10-14-21)26(30)28(25(23)29)22-16-15-18(2)17-19(22)3/h5-17H,4H2,1-3H3. The molecular formula is C26H24N2O2S. The van der Waals surface area contributed by atoms with Gasteiger partial charge in [-0.3, -0.25) is 9.59 Å². The topological polar surface area (TPSA) is 40.6 Å². The summed E-state index contributed by atoms with van der Waals surface area (Å²) in [7, 11) is 0. The lowest BCUT2D eigenvalue weighted by Crippen LogP contribution is -2.35. The number of hydrogen-bond acceptors (Lipinski definition) is 4. The number of amides is 2. The average molecular weight is 429 g/mol. The molecular weight excluding hydrogens is 404 g/mol. The van der Waals surface area contributed by atoms with E-state index in [-0.39, 0.29) is 11.8 Å². The van der Waals surface area contributed by atoms with Crippen LogP contribution >= 0.6 is 11.8 Å². The molecule has 4 rings (SSSR count). The predicted molar refractivity (Wildman–Crippen MR) is 127 cm³/mol. The SMILES string of the molecule is CCN(C1=C(Sc2ccccc2)C(=O)N(c2ccc(C)cc2C)C1=O)c1ccccc1. The molecule has 3 aromatic carbocycles. The smallest absolute Gasteiger partial charge is 0.283 e. The lowest BCUT2D eigenvalue weighted by Gasteiger charge is -2.25. The molecule has 5 heteroatoms. The molecule has 0 saturated carbocycles. The highest BCUT2D eigenvalue weighted by molar-refractivity contribution is 8.04. The van der Waals surface area contributed by atoms with Crippen LogP contribution in [0.5, 0.6) is 0 Å². The first-order valence-electron chi connectivity index (χ1n) is 10.3. The van der Waals surface area contributed by atoms with E-state index in [0.29, 0.717) is 22.8 Å². The van der Waals surface area contributed by atoms with Crippen LogP contribution in [-0.4, -0.2) is 18.4 Å². The second kappa shape index (κ2) is 8.82. The number of likely N-dealkylation sites (N-methyl/N-ethyl adjacent to an activating group) is 1. The number of nitrogens with zero attached hydrogens (tertiary/aromatic N) is 2. The van der Waals surface area contributed by atoms with Gasteiger partial charge in [-0.05, 0) is 56.7 Å². The Kier molecular flexibility index (Phi) is 5.96. The van der Waals surface area contributed by atoms with Crippen LogP contribution in [0.25, 0.3) is 0 Å². The molecule has 0 unspecified atom stereocenters. The Labute approximate surface area is 187 Å². The second-order valence-corrected chi connectivity index (χ2v) is 8.49. The molecule has 0 spiro atoms. The summed E-state index contributed by atoms with van der Waals surface area (Å²) in [6, 6.07) is 25.2. The van der Waals surface area contributed by atoms with E-state index in [4.69, 9.17) is 0 Å². The van der Waals surface area contributed by atoms with Gasteiger partial charge < -0.3 is 4.90 Å². The minimum atomic E-state index is -0.291. The minimum Gasteiger partial charge on any atom is -0.336 e. The van der Waals surface area contributed by atoms with E-state index < -0.39 is 0 Å². The number of carbonyl (C=O) groups excluding carboxylic acids is 2. The molecule has 0 radical (unpaired) electrons. The molecule has 156 valence electrons. The van der Waals surface area contributed by atoms with E-state index in [0.717, 1.165) is 21.7 Å². The number of anilines is 2. The van der Waals surface area contributed by atoms with E-state index in [2.05, 4.69) is 0 Å². The first-order valence-corrected chi connectivity index (χ1v) is 11.1. The number of thioether (sulfide) groups is 1. The van der Waals surface area contributed by atoms with Crippen LogP contribution in [0.1, 0.15) is 18.1 Å². The van der Waals surface area contributed by atoms with Gasteiger partial charge in [0.05, 0.1) is 5.69 Å². The van der Waals surface area contributed by atoms with E-state index in [1.165, 1.54) is 16.7 Å². The van der Waals surface area contributed by atoms with E-state index in [1.807, 2.05) is 105 Å². The highest BCUT2D eigenvalue weighted by Gasteiger charge is 2.43. The van der Waals surface area contributed by atoms with E-state index in [9.17, 15) is 9.59 Å². The maximum Gasteiger partial charge on any atom is 0.283 e. The largest absolute Gasteiger partial charge is 0.336 e. The van der Waals surface area contributed by atoms with E-state index >= 15 is 0 Å². The summed E-state index contributed by atoms with van der Waals surface area (Å²) in [6.07, 6.45) is 0. The Morgan fingerprint density at radius 3 is 2.10 bits per heavy atom. The van der Waals surface area contributed by atoms with Crippen molar-refractivity contribution >= 4 is 35.0 Å². The van der Waals surface area contributed by atoms with Crippen molar-refractivity contribution in [3.05, 3.63) is 101 Å². The maximum atomic E-state index is 13.7. The summed E-state index contributed by atoms with van der Waals surface area (Å²) in [6.45, 7) is 6.49. The van der Waals surface area contributed by atoms with Gasteiger partial charge in [-0.1, -0.05) is 65.9 Å². The molecule has 0 atom stereocenters. The Morgan fingerprint density at radius 1 is 0.839 bits per heavy atom. The molecule has 4 nitrogen and oxygen atoms in total. The highest BCUT2D eigenvalue weighted by Crippen LogP contribution is 2.40. The maximum absolute atomic E-state index is 13.7. The van der Waals surface area contributed by atoms with Gasteiger partial charge in [-0.25, -0.2) is 4.90 Å². The molecule has 2 amide bonds. The van der Waals surface area contributed by atoms with Crippen molar-refractivity contribution in [2.45, 2.75) is 25.7 Å². The third-order valence-electron chi connectivity index (χ3n) is 5.23. The summed E-state index contributed by atoms with van der Waals surface area (Å²) < 4.78 is 0. The third-order valence-corrected chi connectivity index (χ3v) is 6.31. The lowest BCUT2D eigenvalue weighted by atomic mass is 10.1. The summed E-state index contributed by atoms with van der Waals surface area (Å²) >= 11 is 1.34. The number of aryl methyl sites for hydroxylation is 2. The number of hydrogen-bond donors (Lipinski definition) is 0. The van der Waals surface area contributed by atoms with Gasteiger partial charge in [0, 0.05) is 17.1 Å². The van der Waals surface area contributed by atoms with Gasteiger partial charge in [0.1, 0.15) is 10.6 Å². The first-order chi connectivity index (χ1) is 15.0. The number of rotatable bonds is 6. The van der Waals surface area contributed by atoms with Crippen molar-refractivity contribution in [2.24, 2.45) is 0 Å². The van der Waals surface area contributed by atoms with Gasteiger partial charge in [-0.2, -0.15) is 0 Å². The van der Waals surface area contributed by atoms with Crippen LogP contribution in [0.4, 0.5) is 11.4 Å². The van der Waals surface area contributed by atoms with Crippen LogP contribution in [-0.2, 0) is 9.59 Å². The number of carbonyl (C=O) groups is 2. The predicted octanol–water partition coefficient (Wildman–Crippen LogP) is 5.71. The Morgan fingerprint density at radius 2 is 1.48 bits per heavy atom. The fraction of sp³-hybridized carbons (Fsp3) is 0.154. The normalized spacial score (nSPS) is 13.8. The molecule has 0 N–H and O–H groups in total. The zero-order chi connectivity index (χ0) is 22.0. The van der Waals surface area contributed by atoms with Gasteiger partial charge in [0.25, 0.3) is 11.8 Å². The third kappa shape index (κ3) is 4.01. The first kappa shape index (κ1) is 20.9. The quantitative estimate of drug-likeness (QED) is 0.472. The van der Waals surface area contributed by atoms with Crippen LogP contribution in [0.15, 0.2) is 94.4 Å². The van der Waals surface area contributed by atoms with Gasteiger partial charge in [-0.15, -0.1) is 0 Å². The Bertz CT molecular complexity index is 1160. The van der Waals surface area contributed by atoms with Crippen molar-refractivity contribution in [3.63, 3.8) is 0 Å². The van der Waals surface area contributed by atoms with Crippen molar-refractivity contribution in [1.29, 1.82) is 0 Å². The molecule has 0 aromatic heterocycles. The Hall–Kier alpha value is -3.31. The molecule has 1 aliphatic rings. The number of para-hydroxylation sites is 1. The average Bonchev–Trinajstić information content (AvgIpc) is 3.01. The van der Waals surface area contributed by atoms with Crippen LogP contribution < -0.4 is 9.80 Å². The molecule has 3 aromatic rings. The highest BCUT2D eigenvalue weighted by atomic mass is 32.2. The fourth-order valence-corrected chi connectivity index (χ4v) is 4.79. The van der Waals surface area contributed by atoms with Crippen molar-refractivity contribution in [1.82, 2.24) is 0 Å². The monoisotopic (exact) mass is 428 g/mol. The number of benzene rings is 3. The molecule has 0 saturated heterocycles. The summed E-state index contributed by atoms with van der Waals surface area (Å²) in [5.41, 5.74) is 3.93.